The van der Waals surface area contributed by atoms with Gasteiger partial charge in [-0.05, 0) is 37.9 Å². The molecule has 0 amide bonds. The minimum absolute atomic E-state index is 0.236. The molecule has 1 saturated heterocycles. The highest BCUT2D eigenvalue weighted by molar-refractivity contribution is 6.05. The maximum Gasteiger partial charge on any atom is 0.198 e. The van der Waals surface area contributed by atoms with Crippen LogP contribution >= 0.6 is 0 Å². The molecular formula is C17H22N2O. The third-order valence-electron chi connectivity index (χ3n) is 4.41. The average molecular weight is 270 g/mol. The second kappa shape index (κ2) is 5.41. The van der Waals surface area contributed by atoms with E-state index in [-0.39, 0.29) is 11.3 Å². The summed E-state index contributed by atoms with van der Waals surface area (Å²) in [6.45, 7) is 3.13. The number of Topliss-reactive ketones (excluding diaryl/α,β-unsaturated/α-hetero) is 1. The predicted octanol–water partition coefficient (Wildman–Crippen LogP) is 3.66. The zero-order valence-electron chi connectivity index (χ0n) is 12.0. The lowest BCUT2D eigenvalue weighted by atomic mass is 9.85. The third kappa shape index (κ3) is 2.27. The number of rotatable bonds is 5. The monoisotopic (exact) mass is 270 g/mol. The molecule has 1 unspecified atom stereocenters. The molecule has 2 heterocycles. The molecule has 3 nitrogen and oxygen atoms in total. The van der Waals surface area contributed by atoms with E-state index in [2.05, 4.69) is 17.2 Å². The quantitative estimate of drug-likeness (QED) is 0.814. The molecule has 106 valence electrons. The molecule has 0 aliphatic carbocycles. The molecule has 20 heavy (non-hydrogen) atoms. The van der Waals surface area contributed by atoms with Crippen molar-refractivity contribution >= 4 is 16.7 Å². The number of unbranched alkanes of at least 4 members (excludes halogenated alkanes) is 1. The normalized spacial score (nSPS) is 22.4. The topological polar surface area (TPSA) is 44.9 Å². The van der Waals surface area contributed by atoms with Crippen molar-refractivity contribution in [3.05, 3.63) is 36.0 Å². The number of para-hydroxylation sites is 1. The van der Waals surface area contributed by atoms with Crippen LogP contribution in [0.2, 0.25) is 0 Å². The summed E-state index contributed by atoms with van der Waals surface area (Å²) in [7, 11) is 0. The van der Waals surface area contributed by atoms with Gasteiger partial charge in [-0.1, -0.05) is 38.0 Å². The summed E-state index contributed by atoms with van der Waals surface area (Å²) in [4.78, 5) is 16.2. The number of fused-ring (bicyclic) bond motifs is 1. The van der Waals surface area contributed by atoms with Gasteiger partial charge in [-0.15, -0.1) is 0 Å². The van der Waals surface area contributed by atoms with Crippen LogP contribution < -0.4 is 5.32 Å². The van der Waals surface area contributed by atoms with Crippen molar-refractivity contribution < 1.29 is 4.79 Å². The first kappa shape index (κ1) is 13.4. The minimum atomic E-state index is -0.336. The number of benzene rings is 1. The molecule has 2 aromatic rings. The van der Waals surface area contributed by atoms with Crippen LogP contribution in [0.25, 0.3) is 10.9 Å². The van der Waals surface area contributed by atoms with Crippen molar-refractivity contribution in [1.29, 1.82) is 0 Å². The SMILES string of the molecule is CCCCC1(C(=O)c2cc3ccccc3[nH]2)CCCN1. The summed E-state index contributed by atoms with van der Waals surface area (Å²) < 4.78 is 0. The maximum absolute atomic E-state index is 13.0. The number of nitrogens with one attached hydrogen (secondary N) is 2. The Morgan fingerprint density at radius 1 is 1.35 bits per heavy atom. The molecule has 3 heteroatoms. The Hall–Kier alpha value is -1.61. The fourth-order valence-corrected chi connectivity index (χ4v) is 3.26. The van der Waals surface area contributed by atoms with E-state index in [9.17, 15) is 4.79 Å². The molecule has 0 bridgehead atoms. The van der Waals surface area contributed by atoms with E-state index < -0.39 is 0 Å². The first-order chi connectivity index (χ1) is 9.75. The third-order valence-corrected chi connectivity index (χ3v) is 4.41. The number of aromatic nitrogens is 1. The standard InChI is InChI=1S/C17H22N2O/c1-2-3-9-17(10-6-11-18-17)16(20)15-12-13-7-4-5-8-14(13)19-15/h4-5,7-8,12,18-19H,2-3,6,9-11H2,1H3. The van der Waals surface area contributed by atoms with Gasteiger partial charge in [-0.3, -0.25) is 4.79 Å². The highest BCUT2D eigenvalue weighted by Crippen LogP contribution is 2.30. The number of hydrogen-bond donors (Lipinski definition) is 2. The summed E-state index contributed by atoms with van der Waals surface area (Å²) >= 11 is 0. The van der Waals surface area contributed by atoms with Crippen LogP contribution in [0, 0.1) is 0 Å². The zero-order chi connectivity index (χ0) is 14.0. The number of carbonyl (C=O) groups is 1. The molecule has 0 saturated carbocycles. The summed E-state index contributed by atoms with van der Waals surface area (Å²) in [5.41, 5.74) is 1.45. The highest BCUT2D eigenvalue weighted by atomic mass is 16.1. The van der Waals surface area contributed by atoms with E-state index in [0.29, 0.717) is 0 Å². The van der Waals surface area contributed by atoms with Crippen LogP contribution in [0.3, 0.4) is 0 Å². The molecule has 3 rings (SSSR count). The molecule has 1 atom stereocenters. The van der Waals surface area contributed by atoms with Crippen molar-refractivity contribution in [2.24, 2.45) is 0 Å². The molecule has 2 N–H and O–H groups in total. The van der Waals surface area contributed by atoms with Gasteiger partial charge in [0.15, 0.2) is 5.78 Å². The molecule has 1 aliphatic heterocycles. The van der Waals surface area contributed by atoms with Gasteiger partial charge in [-0.2, -0.15) is 0 Å². The van der Waals surface area contributed by atoms with Crippen LogP contribution in [0.4, 0.5) is 0 Å². The summed E-state index contributed by atoms with van der Waals surface area (Å²) in [6.07, 6.45) is 5.22. The Morgan fingerprint density at radius 2 is 2.20 bits per heavy atom. The molecular weight excluding hydrogens is 248 g/mol. The lowest BCUT2D eigenvalue weighted by Gasteiger charge is -2.27. The fraction of sp³-hybridized carbons (Fsp3) is 0.471. The van der Waals surface area contributed by atoms with E-state index in [1.54, 1.807) is 0 Å². The number of ketones is 1. The van der Waals surface area contributed by atoms with Crippen LogP contribution in [-0.2, 0) is 0 Å². The Bertz CT molecular complexity index is 575. The zero-order valence-corrected chi connectivity index (χ0v) is 12.0. The van der Waals surface area contributed by atoms with Crippen molar-refractivity contribution in [3.8, 4) is 0 Å². The van der Waals surface area contributed by atoms with E-state index in [4.69, 9.17) is 0 Å². The molecule has 1 fully saturated rings. The summed E-state index contributed by atoms with van der Waals surface area (Å²) in [5, 5.41) is 4.59. The number of H-pyrrole nitrogens is 1. The maximum atomic E-state index is 13.0. The van der Waals surface area contributed by atoms with Crippen LogP contribution in [0.1, 0.15) is 49.5 Å². The van der Waals surface area contributed by atoms with Gasteiger partial charge in [0, 0.05) is 10.9 Å². The molecule has 0 radical (unpaired) electrons. The second-order valence-corrected chi connectivity index (χ2v) is 5.82. The minimum Gasteiger partial charge on any atom is -0.352 e. The van der Waals surface area contributed by atoms with Crippen molar-refractivity contribution in [2.75, 3.05) is 6.54 Å². The van der Waals surface area contributed by atoms with Gasteiger partial charge in [0.05, 0.1) is 11.2 Å². The Balaban J connectivity index is 1.92. The Morgan fingerprint density at radius 3 is 2.90 bits per heavy atom. The number of aromatic amines is 1. The summed E-state index contributed by atoms with van der Waals surface area (Å²) in [5.74, 6) is 0.236. The van der Waals surface area contributed by atoms with Gasteiger partial charge < -0.3 is 10.3 Å². The first-order valence-corrected chi connectivity index (χ1v) is 7.63. The van der Waals surface area contributed by atoms with Crippen molar-refractivity contribution in [1.82, 2.24) is 10.3 Å². The lowest BCUT2D eigenvalue weighted by molar-refractivity contribution is 0.0851. The molecule has 1 aliphatic rings. The van der Waals surface area contributed by atoms with Gasteiger partial charge in [-0.25, -0.2) is 0 Å². The van der Waals surface area contributed by atoms with E-state index in [0.717, 1.165) is 55.2 Å². The van der Waals surface area contributed by atoms with Crippen LogP contribution in [-0.4, -0.2) is 22.9 Å². The van der Waals surface area contributed by atoms with Crippen LogP contribution in [0.15, 0.2) is 30.3 Å². The van der Waals surface area contributed by atoms with Gasteiger partial charge in [0.2, 0.25) is 0 Å². The molecule has 1 aromatic carbocycles. The predicted molar refractivity (Wildman–Crippen MR) is 82.1 cm³/mol. The average Bonchev–Trinajstić information content (AvgIpc) is 3.11. The largest absolute Gasteiger partial charge is 0.352 e. The van der Waals surface area contributed by atoms with E-state index in [1.807, 2.05) is 30.3 Å². The van der Waals surface area contributed by atoms with Gasteiger partial charge in [0.1, 0.15) is 0 Å². The first-order valence-electron chi connectivity index (χ1n) is 7.63. The van der Waals surface area contributed by atoms with Crippen molar-refractivity contribution in [3.63, 3.8) is 0 Å². The molecule has 1 aromatic heterocycles. The second-order valence-electron chi connectivity index (χ2n) is 5.82. The van der Waals surface area contributed by atoms with Crippen molar-refractivity contribution in [2.45, 2.75) is 44.6 Å². The molecule has 0 spiro atoms. The lowest BCUT2D eigenvalue weighted by Crippen LogP contribution is -2.47. The van der Waals surface area contributed by atoms with Gasteiger partial charge >= 0.3 is 0 Å². The number of hydrogen-bond acceptors (Lipinski definition) is 2. The highest BCUT2D eigenvalue weighted by Gasteiger charge is 2.41. The van der Waals surface area contributed by atoms with E-state index >= 15 is 0 Å². The smallest absolute Gasteiger partial charge is 0.198 e. The van der Waals surface area contributed by atoms with E-state index in [1.165, 1.54) is 0 Å². The number of carbonyl (C=O) groups excluding carboxylic acids is 1. The summed E-state index contributed by atoms with van der Waals surface area (Å²) in [6, 6.07) is 10.1. The van der Waals surface area contributed by atoms with Crippen LogP contribution in [0.5, 0.6) is 0 Å². The van der Waals surface area contributed by atoms with Gasteiger partial charge in [0.25, 0.3) is 0 Å². The fourth-order valence-electron chi connectivity index (χ4n) is 3.26. The Labute approximate surface area is 119 Å². The Kier molecular flexibility index (Phi) is 3.62.